The van der Waals surface area contributed by atoms with Crippen LogP contribution in [0.4, 0.5) is 0 Å². The third-order valence-electron chi connectivity index (χ3n) is 4.78. The first-order valence-corrected chi connectivity index (χ1v) is 6.38. The molecular weight excluding hydrogens is 220 g/mol. The lowest BCUT2D eigenvalue weighted by atomic mass is 9.84. The van der Waals surface area contributed by atoms with Crippen LogP contribution in [0.15, 0.2) is 0 Å². The van der Waals surface area contributed by atoms with E-state index in [0.717, 1.165) is 25.7 Å². The molecule has 0 amide bonds. The average molecular weight is 240 g/mol. The van der Waals surface area contributed by atoms with Crippen molar-refractivity contribution >= 4 is 11.9 Å². The van der Waals surface area contributed by atoms with Crippen LogP contribution in [0.25, 0.3) is 0 Å². The molecule has 4 heteroatoms. The molecule has 0 bridgehead atoms. The summed E-state index contributed by atoms with van der Waals surface area (Å²) in [6.45, 7) is 1.70. The van der Waals surface area contributed by atoms with Gasteiger partial charge in [0.2, 0.25) is 0 Å². The summed E-state index contributed by atoms with van der Waals surface area (Å²) in [7, 11) is 1.33. The first-order chi connectivity index (χ1) is 8.06. The van der Waals surface area contributed by atoms with Crippen molar-refractivity contribution < 1.29 is 19.4 Å². The molecule has 2 aliphatic rings. The number of ether oxygens (including phenoxy) is 1. The predicted octanol–water partition coefficient (Wildman–Crippen LogP) is 2.08. The van der Waals surface area contributed by atoms with Gasteiger partial charge < -0.3 is 9.84 Å². The van der Waals surface area contributed by atoms with Crippen LogP contribution >= 0.6 is 0 Å². The Bertz CT molecular complexity index is 324. The monoisotopic (exact) mass is 240 g/mol. The third kappa shape index (κ3) is 1.65. The molecule has 2 aliphatic carbocycles. The number of rotatable bonds is 3. The lowest BCUT2D eigenvalue weighted by Gasteiger charge is -2.20. The highest BCUT2D eigenvalue weighted by Gasteiger charge is 2.72. The van der Waals surface area contributed by atoms with E-state index in [1.807, 2.05) is 0 Å². The van der Waals surface area contributed by atoms with Gasteiger partial charge in [0.15, 0.2) is 0 Å². The second-order valence-electron chi connectivity index (χ2n) is 5.33. The van der Waals surface area contributed by atoms with Gasteiger partial charge >= 0.3 is 11.9 Å². The zero-order valence-electron chi connectivity index (χ0n) is 10.4. The summed E-state index contributed by atoms with van der Waals surface area (Å²) < 4.78 is 4.72. The summed E-state index contributed by atoms with van der Waals surface area (Å²) in [5.74, 6) is -1.38. The number of aliphatic carboxylic acids is 1. The Balaban J connectivity index is 2.24. The Morgan fingerprint density at radius 1 is 1.24 bits per heavy atom. The normalized spacial score (nSPS) is 37.5. The van der Waals surface area contributed by atoms with Gasteiger partial charge in [-0.15, -0.1) is 0 Å². The maximum absolute atomic E-state index is 11.6. The number of hydrogen-bond acceptors (Lipinski definition) is 3. The lowest BCUT2D eigenvalue weighted by molar-refractivity contribution is -0.158. The first kappa shape index (κ1) is 12.4. The number of hydrogen-bond donors (Lipinski definition) is 1. The van der Waals surface area contributed by atoms with E-state index in [1.54, 1.807) is 6.92 Å². The number of fused-ring (bicyclic) bond motifs is 1. The van der Waals surface area contributed by atoms with E-state index >= 15 is 0 Å². The summed E-state index contributed by atoms with van der Waals surface area (Å²) in [4.78, 5) is 23.3. The molecule has 2 saturated carbocycles. The van der Waals surface area contributed by atoms with Crippen molar-refractivity contribution in [3.63, 3.8) is 0 Å². The average Bonchev–Trinajstić information content (AvgIpc) is 2.98. The molecule has 1 N–H and O–H groups in total. The molecule has 4 nitrogen and oxygen atoms in total. The van der Waals surface area contributed by atoms with E-state index in [9.17, 15) is 14.7 Å². The molecule has 0 aliphatic heterocycles. The number of carboxylic acids is 1. The predicted molar refractivity (Wildman–Crippen MR) is 61.3 cm³/mol. The maximum Gasteiger partial charge on any atom is 0.311 e. The third-order valence-corrected chi connectivity index (χ3v) is 4.78. The molecule has 0 radical (unpaired) electrons. The van der Waals surface area contributed by atoms with E-state index in [4.69, 9.17) is 4.74 Å². The van der Waals surface area contributed by atoms with Gasteiger partial charge in [0.1, 0.15) is 0 Å². The van der Waals surface area contributed by atoms with E-state index in [2.05, 4.69) is 0 Å². The van der Waals surface area contributed by atoms with Crippen LogP contribution in [0.5, 0.6) is 0 Å². The van der Waals surface area contributed by atoms with Gasteiger partial charge in [-0.3, -0.25) is 9.59 Å². The summed E-state index contributed by atoms with van der Waals surface area (Å²) in [5, 5.41) is 9.53. The van der Waals surface area contributed by atoms with Crippen molar-refractivity contribution in [3.05, 3.63) is 0 Å². The van der Waals surface area contributed by atoms with Crippen molar-refractivity contribution in [2.45, 2.75) is 39.0 Å². The quantitative estimate of drug-likeness (QED) is 0.767. The van der Waals surface area contributed by atoms with Crippen molar-refractivity contribution in [2.24, 2.45) is 23.2 Å². The molecule has 0 aromatic heterocycles. The highest BCUT2D eigenvalue weighted by molar-refractivity contribution is 5.87. The first-order valence-electron chi connectivity index (χ1n) is 6.38. The van der Waals surface area contributed by atoms with Gasteiger partial charge in [0.05, 0.1) is 18.4 Å². The van der Waals surface area contributed by atoms with E-state index in [0.29, 0.717) is 0 Å². The fourth-order valence-corrected chi connectivity index (χ4v) is 3.86. The van der Waals surface area contributed by atoms with Gasteiger partial charge in [-0.05, 0) is 24.7 Å². The van der Waals surface area contributed by atoms with Gasteiger partial charge in [-0.25, -0.2) is 0 Å². The van der Waals surface area contributed by atoms with Gasteiger partial charge in [0.25, 0.3) is 0 Å². The van der Waals surface area contributed by atoms with Gasteiger partial charge in [-0.2, -0.15) is 0 Å². The van der Waals surface area contributed by atoms with Crippen LogP contribution in [0.2, 0.25) is 0 Å². The zero-order valence-corrected chi connectivity index (χ0v) is 10.4. The molecule has 0 aromatic carbocycles. The summed E-state index contributed by atoms with van der Waals surface area (Å²) in [6.07, 6.45) is 5.25. The Morgan fingerprint density at radius 3 is 2.18 bits per heavy atom. The number of carbonyl (C=O) groups is 2. The van der Waals surface area contributed by atoms with Crippen molar-refractivity contribution in [3.8, 4) is 0 Å². The zero-order chi connectivity index (χ0) is 12.6. The van der Waals surface area contributed by atoms with Crippen LogP contribution in [-0.2, 0) is 14.3 Å². The largest absolute Gasteiger partial charge is 0.481 e. The standard InChI is InChI=1S/C13H20O4/c1-8(11(14)17-2)13(12(15)16)9-6-4-3-5-7-10(9)13/h8-10H,3-7H2,1-2H3,(H,15,16). The molecule has 96 valence electrons. The smallest absolute Gasteiger partial charge is 0.311 e. The van der Waals surface area contributed by atoms with Crippen LogP contribution in [0, 0.1) is 23.2 Å². The fraction of sp³-hybridized carbons (Fsp3) is 0.846. The summed E-state index contributed by atoms with van der Waals surface area (Å²) in [5.41, 5.74) is -0.840. The number of methoxy groups -OCH3 is 1. The fourth-order valence-electron chi connectivity index (χ4n) is 3.86. The van der Waals surface area contributed by atoms with Crippen LogP contribution in [0.1, 0.15) is 39.0 Å². The Hall–Kier alpha value is -1.06. The molecule has 3 atom stereocenters. The van der Waals surface area contributed by atoms with Gasteiger partial charge in [-0.1, -0.05) is 26.2 Å². The van der Waals surface area contributed by atoms with E-state index in [-0.39, 0.29) is 17.8 Å². The second-order valence-corrected chi connectivity index (χ2v) is 5.33. The molecule has 2 fully saturated rings. The molecule has 17 heavy (non-hydrogen) atoms. The van der Waals surface area contributed by atoms with Crippen molar-refractivity contribution in [2.75, 3.05) is 7.11 Å². The number of carboxylic acid groups (broad SMARTS) is 1. The van der Waals surface area contributed by atoms with Crippen molar-refractivity contribution in [1.29, 1.82) is 0 Å². The number of esters is 1. The van der Waals surface area contributed by atoms with E-state index < -0.39 is 17.3 Å². The molecule has 2 rings (SSSR count). The Labute approximate surface area is 101 Å². The molecule has 0 spiro atoms. The minimum absolute atomic E-state index is 0.177. The van der Waals surface area contributed by atoms with Crippen LogP contribution in [0.3, 0.4) is 0 Å². The SMILES string of the molecule is COC(=O)C(C)C1(C(=O)O)C2CCCCCC21. The highest BCUT2D eigenvalue weighted by atomic mass is 16.5. The Kier molecular flexibility index (Phi) is 3.15. The lowest BCUT2D eigenvalue weighted by Crippen LogP contribution is -2.33. The molecule has 0 saturated heterocycles. The molecule has 0 heterocycles. The van der Waals surface area contributed by atoms with E-state index in [1.165, 1.54) is 13.5 Å². The minimum atomic E-state index is -0.840. The second kappa shape index (κ2) is 4.31. The maximum atomic E-state index is 11.6. The van der Waals surface area contributed by atoms with Crippen molar-refractivity contribution in [1.82, 2.24) is 0 Å². The van der Waals surface area contributed by atoms with Crippen LogP contribution in [-0.4, -0.2) is 24.2 Å². The molecule has 0 aromatic rings. The Morgan fingerprint density at radius 2 is 1.76 bits per heavy atom. The number of carbonyl (C=O) groups excluding carboxylic acids is 1. The topological polar surface area (TPSA) is 63.6 Å². The summed E-state index contributed by atoms with van der Waals surface area (Å²) >= 11 is 0. The molecule has 3 unspecified atom stereocenters. The minimum Gasteiger partial charge on any atom is -0.481 e. The highest BCUT2D eigenvalue weighted by Crippen LogP contribution is 2.68. The van der Waals surface area contributed by atoms with Crippen LogP contribution < -0.4 is 0 Å². The molecular formula is C13H20O4. The summed E-state index contributed by atoms with van der Waals surface area (Å²) in [6, 6.07) is 0. The van der Waals surface area contributed by atoms with Gasteiger partial charge in [0, 0.05) is 0 Å².